The minimum atomic E-state index is -0.462. The first-order chi connectivity index (χ1) is 44.0. The maximum Gasteiger partial charge on any atom is 0.410 e. The van der Waals surface area contributed by atoms with Gasteiger partial charge in [0.1, 0.15) is 18.2 Å². The molecule has 3 N–H and O–H groups in total. The summed E-state index contributed by atoms with van der Waals surface area (Å²) in [7, 11) is 16.1. The van der Waals surface area contributed by atoms with E-state index < -0.39 is 11.6 Å². The van der Waals surface area contributed by atoms with E-state index in [4.69, 9.17) is 4.74 Å². The lowest BCUT2D eigenvalue weighted by Crippen LogP contribution is -2.48. The van der Waals surface area contributed by atoms with E-state index in [1.165, 1.54) is 46.6 Å². The molecule has 2 saturated heterocycles. The van der Waals surface area contributed by atoms with Crippen LogP contribution in [0.4, 0.5) is 47.7 Å². The molecule has 0 saturated carbocycles. The highest BCUT2D eigenvalue weighted by Gasteiger charge is 2.35. The highest BCUT2D eigenvalue weighted by molar-refractivity contribution is 6.00. The lowest BCUT2D eigenvalue weighted by Gasteiger charge is -2.38. The summed E-state index contributed by atoms with van der Waals surface area (Å²) >= 11 is 0. The van der Waals surface area contributed by atoms with Gasteiger partial charge in [0.2, 0.25) is 0 Å². The zero-order valence-corrected chi connectivity index (χ0v) is 53.8. The Morgan fingerprint density at radius 1 is 0.462 bits per heavy atom. The Kier molecular flexibility index (Phi) is 21.2. The van der Waals surface area contributed by atoms with E-state index >= 15 is 0 Å². The van der Waals surface area contributed by atoms with Gasteiger partial charge in [0.05, 0.1) is 11.1 Å². The molecule has 2 aliphatic heterocycles. The molecule has 14 nitrogen and oxygen atoms in total. The molecule has 0 bridgehead atoms. The number of rotatable bonds is 20. The number of likely N-dealkylation sites (tertiary alicyclic amines) is 2. The van der Waals surface area contributed by atoms with Gasteiger partial charge in [-0.15, -0.1) is 0 Å². The number of hydrogen-bond donors (Lipinski definition) is 3. The molecule has 0 unspecified atom stereocenters. The number of amides is 3. The van der Waals surface area contributed by atoms with Crippen LogP contribution in [-0.4, -0.2) is 134 Å². The first kappa shape index (κ1) is 64.6. The summed E-state index contributed by atoms with van der Waals surface area (Å²) in [5, 5.41) is 10.3. The highest BCUT2D eigenvalue weighted by atomic mass is 19.1. The van der Waals surface area contributed by atoms with Crippen LogP contribution in [0.2, 0.25) is 0 Å². The van der Waals surface area contributed by atoms with Crippen LogP contribution in [0.3, 0.4) is 0 Å². The summed E-state index contributed by atoms with van der Waals surface area (Å²) in [5.41, 5.74) is 15.5. The van der Waals surface area contributed by atoms with Gasteiger partial charge in [-0.25, -0.2) is 13.6 Å². The summed E-state index contributed by atoms with van der Waals surface area (Å²) in [6.07, 6.45) is 2.52. The molecular weight excluding hydrogens is 1140 g/mol. The summed E-state index contributed by atoms with van der Waals surface area (Å²) in [4.78, 5) is 55.1. The molecule has 474 valence electrons. The van der Waals surface area contributed by atoms with Crippen LogP contribution in [0, 0.1) is 11.6 Å². The first-order valence-corrected chi connectivity index (χ1v) is 31.5. The quantitative estimate of drug-likeness (QED) is 0.0677. The lowest BCUT2D eigenvalue weighted by atomic mass is 9.98. The zero-order chi connectivity index (χ0) is 64.1. The molecule has 2 fully saturated rings. The van der Waals surface area contributed by atoms with Gasteiger partial charge in [-0.2, -0.15) is 0 Å². The SMILES string of the molecule is CN(C)c1ccc(CNc2ccc(F)cc2C(=O)N2CCC(N(Cc3ccc(N(C)C)cc3)C(=O)OCC3c4ccccc4-c4ccccc43)CC2)cc1.CN(C)c1ccc(CNc2ccc(F)cc2C(=O)N2CCC(NCc3ccc(N(C)C)cc3)CC2)cc1. The maximum absolute atomic E-state index is 14.6. The molecule has 8 aromatic rings. The summed E-state index contributed by atoms with van der Waals surface area (Å²) < 4.78 is 34.9. The molecule has 11 rings (SSSR count). The van der Waals surface area contributed by atoms with Crippen LogP contribution in [0.1, 0.15) is 85.7 Å². The lowest BCUT2D eigenvalue weighted by molar-refractivity contribution is 0.0511. The summed E-state index contributed by atoms with van der Waals surface area (Å²) in [6.45, 7) is 4.63. The van der Waals surface area contributed by atoms with Gasteiger partial charge in [-0.1, -0.05) is 97.1 Å². The van der Waals surface area contributed by atoms with Gasteiger partial charge < -0.3 is 55.0 Å². The number of piperidine rings is 2. The molecule has 1 aliphatic carbocycles. The number of benzene rings is 8. The number of carbonyl (C=O) groups excluding carboxylic acids is 3. The van der Waals surface area contributed by atoms with E-state index in [-0.39, 0.29) is 36.5 Å². The third-order valence-corrected chi connectivity index (χ3v) is 17.7. The second-order valence-corrected chi connectivity index (χ2v) is 24.7. The van der Waals surface area contributed by atoms with Crippen molar-refractivity contribution in [2.75, 3.05) is 119 Å². The van der Waals surface area contributed by atoms with Gasteiger partial charge in [-0.3, -0.25) is 9.59 Å². The monoisotopic (exact) mass is 1230 g/mol. The number of halogens is 2. The Balaban J connectivity index is 0.000000215. The second kappa shape index (κ2) is 29.9. The van der Waals surface area contributed by atoms with Crippen molar-refractivity contribution in [2.24, 2.45) is 0 Å². The fourth-order valence-electron chi connectivity index (χ4n) is 12.2. The van der Waals surface area contributed by atoms with E-state index in [1.807, 2.05) is 137 Å². The van der Waals surface area contributed by atoms with Crippen molar-refractivity contribution < 1.29 is 27.9 Å². The molecule has 0 spiro atoms. The van der Waals surface area contributed by atoms with Gasteiger partial charge >= 0.3 is 6.09 Å². The van der Waals surface area contributed by atoms with Crippen molar-refractivity contribution in [3.63, 3.8) is 0 Å². The van der Waals surface area contributed by atoms with Crippen LogP contribution in [0.15, 0.2) is 182 Å². The van der Waals surface area contributed by atoms with Gasteiger partial charge in [0.15, 0.2) is 0 Å². The second-order valence-electron chi connectivity index (χ2n) is 24.7. The summed E-state index contributed by atoms with van der Waals surface area (Å²) in [6, 6.07) is 58.7. The third kappa shape index (κ3) is 16.3. The molecule has 16 heteroatoms. The Hall–Kier alpha value is -9.41. The standard InChI is InChI=1S/C45H48FN5O3.C30H38FN5O/c1-48(2)34-18-13-31(14-19-34)28-47-43-22-17-33(46)27-41(43)44(52)50-25-23-36(24-26-50)51(29-32-15-20-35(21-16-32)49(3)4)45(53)54-30-42-39-11-7-5-9-37(39)38-10-6-8-12-40(38)42;1-34(2)26-10-5-22(6-11-26)20-32-25-15-17-36(18-16-25)30(37)28-19-24(31)9-14-29(28)33-21-23-7-12-27(13-8-23)35(3)4/h5-22,27,36,42,47H,23-26,28-30H2,1-4H3;5-14,19,25,32-33H,15-18,20-21H2,1-4H3. The minimum Gasteiger partial charge on any atom is -0.448 e. The molecule has 0 radical (unpaired) electrons. The molecule has 3 amide bonds. The van der Waals surface area contributed by atoms with Crippen molar-refractivity contribution in [1.82, 2.24) is 20.0 Å². The van der Waals surface area contributed by atoms with Crippen molar-refractivity contribution in [3.05, 3.63) is 238 Å². The Morgan fingerprint density at radius 2 is 0.835 bits per heavy atom. The van der Waals surface area contributed by atoms with Gasteiger partial charge in [-0.05, 0) is 155 Å². The number of nitrogens with zero attached hydrogens (tertiary/aromatic N) is 7. The molecule has 8 aromatic carbocycles. The van der Waals surface area contributed by atoms with Crippen LogP contribution in [0.5, 0.6) is 0 Å². The first-order valence-electron chi connectivity index (χ1n) is 31.5. The average Bonchev–Trinajstić information content (AvgIpc) is 1.65. The normalized spacial score (nSPS) is 13.9. The van der Waals surface area contributed by atoms with Crippen LogP contribution in [-0.2, 0) is 30.9 Å². The zero-order valence-electron chi connectivity index (χ0n) is 53.8. The highest BCUT2D eigenvalue weighted by Crippen LogP contribution is 2.45. The fourth-order valence-corrected chi connectivity index (χ4v) is 12.2. The Bertz CT molecular complexity index is 3690. The number of carbonyl (C=O) groups is 3. The minimum absolute atomic E-state index is 0.0477. The van der Waals surface area contributed by atoms with Crippen molar-refractivity contribution in [1.29, 1.82) is 0 Å². The third-order valence-electron chi connectivity index (χ3n) is 17.7. The van der Waals surface area contributed by atoms with Crippen molar-refractivity contribution >= 4 is 52.0 Å². The Morgan fingerprint density at radius 3 is 1.24 bits per heavy atom. The van der Waals surface area contributed by atoms with Crippen LogP contribution >= 0.6 is 0 Å². The van der Waals surface area contributed by atoms with E-state index in [9.17, 15) is 23.2 Å². The van der Waals surface area contributed by atoms with E-state index in [1.54, 1.807) is 17.0 Å². The van der Waals surface area contributed by atoms with E-state index in [2.05, 4.69) is 111 Å². The molecule has 2 heterocycles. The summed E-state index contributed by atoms with van der Waals surface area (Å²) in [5.74, 6) is -1.27. The molecule has 0 atom stereocenters. The number of ether oxygens (including phenoxy) is 1. The number of nitrogens with one attached hydrogen (secondary N) is 3. The average molecular weight is 1230 g/mol. The topological polar surface area (TPSA) is 119 Å². The van der Waals surface area contributed by atoms with Crippen molar-refractivity contribution in [3.8, 4) is 11.1 Å². The van der Waals surface area contributed by atoms with E-state index in [0.29, 0.717) is 87.2 Å². The van der Waals surface area contributed by atoms with Gasteiger partial charge in [0, 0.05) is 161 Å². The van der Waals surface area contributed by atoms with Crippen molar-refractivity contribution in [2.45, 2.75) is 69.9 Å². The Labute approximate surface area is 536 Å². The maximum atomic E-state index is 14.6. The number of fused-ring (bicyclic) bond motifs is 3. The fraction of sp³-hybridized carbons (Fsp3) is 0.320. The molecule has 3 aliphatic rings. The van der Waals surface area contributed by atoms with E-state index in [0.717, 1.165) is 64.3 Å². The predicted octanol–water partition coefficient (Wildman–Crippen LogP) is 13.6. The predicted molar refractivity (Wildman–Crippen MR) is 366 cm³/mol. The van der Waals surface area contributed by atoms with Crippen LogP contribution < -0.4 is 35.6 Å². The molecule has 0 aromatic heterocycles. The molecule has 91 heavy (non-hydrogen) atoms. The number of hydrogen-bond acceptors (Lipinski definition) is 11. The smallest absolute Gasteiger partial charge is 0.410 e. The molecular formula is C75H86F2N10O4. The van der Waals surface area contributed by atoms with Crippen LogP contribution in [0.25, 0.3) is 11.1 Å². The van der Waals surface area contributed by atoms with Gasteiger partial charge in [0.25, 0.3) is 11.8 Å². The number of anilines is 6. The largest absolute Gasteiger partial charge is 0.448 e.